The fraction of sp³-hybridized carbons (Fsp3) is 0.889. The molecule has 1 unspecified atom stereocenters. The Kier molecular flexibility index (Phi) is 3.53. The monoisotopic (exact) mass is 170 g/mol. The summed E-state index contributed by atoms with van der Waals surface area (Å²) in [5, 5.41) is 0. The Bertz CT molecular complexity index is 159. The lowest BCUT2D eigenvalue weighted by Crippen LogP contribution is -2.42. The van der Waals surface area contributed by atoms with Gasteiger partial charge in [-0.15, -0.1) is 0 Å². The van der Waals surface area contributed by atoms with Crippen LogP contribution in [0, 0.1) is 5.92 Å². The number of piperidine rings is 1. The Morgan fingerprint density at radius 1 is 1.67 bits per heavy atom. The van der Waals surface area contributed by atoms with Gasteiger partial charge in [-0.1, -0.05) is 6.92 Å². The lowest BCUT2D eigenvalue weighted by atomic mass is 9.98. The predicted molar refractivity (Wildman–Crippen MR) is 48.6 cm³/mol. The summed E-state index contributed by atoms with van der Waals surface area (Å²) in [5.74, 6) is 0.843. The van der Waals surface area contributed by atoms with E-state index in [0.29, 0.717) is 24.8 Å². The van der Waals surface area contributed by atoms with E-state index in [9.17, 15) is 4.79 Å². The molecule has 0 spiro atoms. The van der Waals surface area contributed by atoms with Crippen LogP contribution in [0.1, 0.15) is 26.2 Å². The van der Waals surface area contributed by atoms with E-state index in [2.05, 4.69) is 6.92 Å². The summed E-state index contributed by atoms with van der Waals surface area (Å²) in [5.41, 5.74) is 5.57. The Morgan fingerprint density at radius 3 is 3.00 bits per heavy atom. The van der Waals surface area contributed by atoms with E-state index in [0.717, 1.165) is 25.9 Å². The highest BCUT2D eigenvalue weighted by atomic mass is 16.2. The third-order valence-electron chi connectivity index (χ3n) is 2.42. The average molecular weight is 170 g/mol. The smallest absolute Gasteiger partial charge is 0.222 e. The van der Waals surface area contributed by atoms with E-state index in [1.54, 1.807) is 0 Å². The van der Waals surface area contributed by atoms with Gasteiger partial charge in [0.1, 0.15) is 0 Å². The zero-order valence-corrected chi connectivity index (χ0v) is 7.75. The zero-order valence-electron chi connectivity index (χ0n) is 7.75. The molecule has 1 aliphatic rings. The summed E-state index contributed by atoms with van der Waals surface area (Å²) in [6, 6.07) is 0. The molecule has 2 N–H and O–H groups in total. The normalized spacial score (nSPS) is 24.7. The van der Waals surface area contributed by atoms with Crippen LogP contribution in [-0.2, 0) is 4.79 Å². The minimum absolute atomic E-state index is 0.307. The Labute approximate surface area is 73.9 Å². The van der Waals surface area contributed by atoms with Gasteiger partial charge < -0.3 is 10.6 Å². The van der Waals surface area contributed by atoms with E-state index in [1.807, 2.05) is 4.90 Å². The number of carbonyl (C=O) groups is 1. The van der Waals surface area contributed by atoms with Gasteiger partial charge in [0.05, 0.1) is 0 Å². The van der Waals surface area contributed by atoms with Gasteiger partial charge in [-0.2, -0.15) is 0 Å². The van der Waals surface area contributed by atoms with E-state index < -0.39 is 0 Å². The van der Waals surface area contributed by atoms with Gasteiger partial charge in [0.15, 0.2) is 0 Å². The van der Waals surface area contributed by atoms with Crippen LogP contribution in [0.5, 0.6) is 0 Å². The highest BCUT2D eigenvalue weighted by molar-refractivity contribution is 5.76. The molecule has 0 bridgehead atoms. The minimum Gasteiger partial charge on any atom is -0.342 e. The summed E-state index contributed by atoms with van der Waals surface area (Å²) < 4.78 is 0. The first-order valence-corrected chi connectivity index (χ1v) is 4.75. The summed E-state index contributed by atoms with van der Waals surface area (Å²) in [4.78, 5) is 13.3. The molecular formula is C9H18N2O. The van der Waals surface area contributed by atoms with Crippen LogP contribution >= 0.6 is 0 Å². The molecule has 0 aromatic rings. The van der Waals surface area contributed by atoms with Gasteiger partial charge >= 0.3 is 0 Å². The van der Waals surface area contributed by atoms with Crippen LogP contribution in [-0.4, -0.2) is 30.4 Å². The SMILES string of the molecule is CCCN1CC(CN)CCC1=O. The lowest BCUT2D eigenvalue weighted by Gasteiger charge is -2.31. The maximum atomic E-state index is 11.3. The highest BCUT2D eigenvalue weighted by Gasteiger charge is 2.23. The van der Waals surface area contributed by atoms with Crippen molar-refractivity contribution in [2.75, 3.05) is 19.6 Å². The molecule has 12 heavy (non-hydrogen) atoms. The summed E-state index contributed by atoms with van der Waals surface area (Å²) in [6.07, 6.45) is 2.72. The molecule has 1 amide bonds. The molecule has 1 saturated heterocycles. The maximum absolute atomic E-state index is 11.3. The number of nitrogens with zero attached hydrogens (tertiary/aromatic N) is 1. The van der Waals surface area contributed by atoms with Crippen molar-refractivity contribution in [2.45, 2.75) is 26.2 Å². The van der Waals surface area contributed by atoms with Crippen molar-refractivity contribution in [1.29, 1.82) is 0 Å². The first-order valence-electron chi connectivity index (χ1n) is 4.75. The van der Waals surface area contributed by atoms with Gasteiger partial charge in [0, 0.05) is 19.5 Å². The Hall–Kier alpha value is -0.570. The second-order valence-electron chi connectivity index (χ2n) is 3.48. The lowest BCUT2D eigenvalue weighted by molar-refractivity contribution is -0.134. The van der Waals surface area contributed by atoms with Crippen molar-refractivity contribution in [3.63, 3.8) is 0 Å². The van der Waals surface area contributed by atoms with E-state index >= 15 is 0 Å². The molecule has 1 fully saturated rings. The number of likely N-dealkylation sites (tertiary alicyclic amines) is 1. The fourth-order valence-electron chi connectivity index (χ4n) is 1.67. The van der Waals surface area contributed by atoms with Crippen LogP contribution in [0.3, 0.4) is 0 Å². The maximum Gasteiger partial charge on any atom is 0.222 e. The Balaban J connectivity index is 2.41. The molecular weight excluding hydrogens is 152 g/mol. The quantitative estimate of drug-likeness (QED) is 0.674. The molecule has 1 heterocycles. The third-order valence-corrected chi connectivity index (χ3v) is 2.42. The first kappa shape index (κ1) is 9.52. The molecule has 3 nitrogen and oxygen atoms in total. The topological polar surface area (TPSA) is 46.3 Å². The minimum atomic E-state index is 0.307. The number of rotatable bonds is 3. The largest absolute Gasteiger partial charge is 0.342 e. The van der Waals surface area contributed by atoms with Gasteiger partial charge in [-0.3, -0.25) is 4.79 Å². The van der Waals surface area contributed by atoms with Crippen LogP contribution in [0.15, 0.2) is 0 Å². The molecule has 3 heteroatoms. The third kappa shape index (κ3) is 2.21. The average Bonchev–Trinajstić information content (AvgIpc) is 2.09. The summed E-state index contributed by atoms with van der Waals surface area (Å²) >= 11 is 0. The second-order valence-corrected chi connectivity index (χ2v) is 3.48. The standard InChI is InChI=1S/C9H18N2O/c1-2-5-11-7-8(6-10)3-4-9(11)12/h8H,2-7,10H2,1H3. The van der Waals surface area contributed by atoms with Crippen LogP contribution in [0.25, 0.3) is 0 Å². The van der Waals surface area contributed by atoms with E-state index in [4.69, 9.17) is 5.73 Å². The molecule has 1 aliphatic heterocycles. The molecule has 1 atom stereocenters. The predicted octanol–water partition coefficient (Wildman–Crippen LogP) is 0.594. The van der Waals surface area contributed by atoms with Crippen LogP contribution in [0.4, 0.5) is 0 Å². The Morgan fingerprint density at radius 2 is 2.42 bits per heavy atom. The molecule has 0 aromatic heterocycles. The van der Waals surface area contributed by atoms with Crippen molar-refractivity contribution in [2.24, 2.45) is 11.7 Å². The molecule has 70 valence electrons. The van der Waals surface area contributed by atoms with Crippen LogP contribution < -0.4 is 5.73 Å². The number of hydrogen-bond donors (Lipinski definition) is 1. The fourth-order valence-corrected chi connectivity index (χ4v) is 1.67. The van der Waals surface area contributed by atoms with Crippen molar-refractivity contribution in [1.82, 2.24) is 4.90 Å². The molecule has 0 radical (unpaired) electrons. The van der Waals surface area contributed by atoms with E-state index in [-0.39, 0.29) is 0 Å². The van der Waals surface area contributed by atoms with Gasteiger partial charge in [0.25, 0.3) is 0 Å². The molecule has 0 aliphatic carbocycles. The summed E-state index contributed by atoms with van der Waals surface area (Å²) in [6.45, 7) is 4.59. The molecule has 0 saturated carbocycles. The molecule has 1 rings (SSSR count). The van der Waals surface area contributed by atoms with Crippen LogP contribution in [0.2, 0.25) is 0 Å². The summed E-state index contributed by atoms with van der Waals surface area (Å²) in [7, 11) is 0. The van der Waals surface area contributed by atoms with Gasteiger partial charge in [-0.05, 0) is 25.3 Å². The van der Waals surface area contributed by atoms with E-state index in [1.165, 1.54) is 0 Å². The van der Waals surface area contributed by atoms with Gasteiger partial charge in [-0.25, -0.2) is 0 Å². The molecule has 0 aromatic carbocycles. The highest BCUT2D eigenvalue weighted by Crippen LogP contribution is 2.16. The number of hydrogen-bond acceptors (Lipinski definition) is 2. The number of carbonyl (C=O) groups excluding carboxylic acids is 1. The number of nitrogens with two attached hydrogens (primary N) is 1. The first-order chi connectivity index (χ1) is 5.77. The zero-order chi connectivity index (χ0) is 8.97. The van der Waals surface area contributed by atoms with Gasteiger partial charge in [0.2, 0.25) is 5.91 Å². The van der Waals surface area contributed by atoms with Crippen molar-refractivity contribution < 1.29 is 4.79 Å². The number of amides is 1. The second kappa shape index (κ2) is 4.45. The van der Waals surface area contributed by atoms with Crippen molar-refractivity contribution in [3.8, 4) is 0 Å². The van der Waals surface area contributed by atoms with Crippen molar-refractivity contribution in [3.05, 3.63) is 0 Å². The van der Waals surface area contributed by atoms with Crippen molar-refractivity contribution >= 4 is 5.91 Å².